The molecule has 0 saturated carbocycles. The zero-order chi connectivity index (χ0) is 12.4. The van der Waals surface area contributed by atoms with Crippen LogP contribution in [0, 0.1) is 0 Å². The van der Waals surface area contributed by atoms with Crippen molar-refractivity contribution in [2.45, 2.75) is 32.2 Å². The Hall–Kier alpha value is -0.860. The molecule has 2 aliphatic rings. The molecule has 0 amide bonds. The van der Waals surface area contributed by atoms with E-state index >= 15 is 0 Å². The van der Waals surface area contributed by atoms with Gasteiger partial charge in [-0.15, -0.1) is 0 Å². The van der Waals surface area contributed by atoms with Crippen LogP contribution in [0.3, 0.4) is 0 Å². The molecule has 2 heteroatoms. The molecule has 1 fully saturated rings. The van der Waals surface area contributed by atoms with Crippen molar-refractivity contribution in [2.75, 3.05) is 33.2 Å². The first-order valence-corrected chi connectivity index (χ1v) is 7.33. The smallest absolute Gasteiger partial charge is 0.0234 e. The standard InChI is InChI=1S/C16H24N2/c1-17-8-10-18(11-9-17)13-14-6-7-15-4-2-3-5-16(15)12-14/h6-7,12H,2-5,8-11,13H2,1H3. The minimum atomic E-state index is 1.14. The summed E-state index contributed by atoms with van der Waals surface area (Å²) in [6.45, 7) is 6.00. The van der Waals surface area contributed by atoms with E-state index in [1.807, 2.05) is 0 Å². The first-order valence-electron chi connectivity index (χ1n) is 7.33. The van der Waals surface area contributed by atoms with Crippen LogP contribution in [0.25, 0.3) is 0 Å². The lowest BCUT2D eigenvalue weighted by Gasteiger charge is -2.32. The van der Waals surface area contributed by atoms with Gasteiger partial charge in [0.15, 0.2) is 0 Å². The topological polar surface area (TPSA) is 6.48 Å². The van der Waals surface area contributed by atoms with Crippen LogP contribution < -0.4 is 0 Å². The van der Waals surface area contributed by atoms with Crippen molar-refractivity contribution in [3.8, 4) is 0 Å². The second-order valence-corrected chi connectivity index (χ2v) is 5.89. The largest absolute Gasteiger partial charge is 0.304 e. The summed E-state index contributed by atoms with van der Waals surface area (Å²) in [4.78, 5) is 5.01. The molecule has 0 spiro atoms. The van der Waals surface area contributed by atoms with Crippen LogP contribution >= 0.6 is 0 Å². The summed E-state index contributed by atoms with van der Waals surface area (Å²) >= 11 is 0. The van der Waals surface area contributed by atoms with Gasteiger partial charge in [0.05, 0.1) is 0 Å². The van der Waals surface area contributed by atoms with Crippen molar-refractivity contribution in [1.29, 1.82) is 0 Å². The van der Waals surface area contributed by atoms with Gasteiger partial charge in [-0.3, -0.25) is 4.90 Å². The van der Waals surface area contributed by atoms with Crippen LogP contribution in [0.4, 0.5) is 0 Å². The Bertz CT molecular complexity index is 406. The molecule has 1 heterocycles. The van der Waals surface area contributed by atoms with Gasteiger partial charge in [0.2, 0.25) is 0 Å². The molecule has 98 valence electrons. The highest BCUT2D eigenvalue weighted by Crippen LogP contribution is 2.22. The number of hydrogen-bond acceptors (Lipinski definition) is 2. The summed E-state index contributed by atoms with van der Waals surface area (Å²) in [6, 6.07) is 7.19. The second kappa shape index (κ2) is 5.41. The summed E-state index contributed by atoms with van der Waals surface area (Å²) in [5.74, 6) is 0. The van der Waals surface area contributed by atoms with E-state index in [0.29, 0.717) is 0 Å². The number of nitrogens with zero attached hydrogens (tertiary/aromatic N) is 2. The Morgan fingerprint density at radius 1 is 0.944 bits per heavy atom. The summed E-state index contributed by atoms with van der Waals surface area (Å²) in [5, 5.41) is 0. The third-order valence-corrected chi connectivity index (χ3v) is 4.41. The molecule has 1 aliphatic heterocycles. The second-order valence-electron chi connectivity index (χ2n) is 5.89. The normalized spacial score (nSPS) is 21.8. The molecule has 18 heavy (non-hydrogen) atoms. The van der Waals surface area contributed by atoms with E-state index < -0.39 is 0 Å². The molecule has 0 unspecified atom stereocenters. The van der Waals surface area contributed by atoms with Crippen molar-refractivity contribution in [3.63, 3.8) is 0 Å². The van der Waals surface area contributed by atoms with E-state index in [0.717, 1.165) is 6.54 Å². The lowest BCUT2D eigenvalue weighted by Crippen LogP contribution is -2.43. The van der Waals surface area contributed by atoms with Crippen LogP contribution in [-0.2, 0) is 19.4 Å². The van der Waals surface area contributed by atoms with Crippen molar-refractivity contribution < 1.29 is 0 Å². The maximum Gasteiger partial charge on any atom is 0.0234 e. The minimum absolute atomic E-state index is 1.14. The van der Waals surface area contributed by atoms with E-state index in [9.17, 15) is 0 Å². The lowest BCUT2D eigenvalue weighted by atomic mass is 9.90. The lowest BCUT2D eigenvalue weighted by molar-refractivity contribution is 0.148. The zero-order valence-corrected chi connectivity index (χ0v) is 11.5. The Balaban J connectivity index is 1.66. The van der Waals surface area contributed by atoms with Crippen molar-refractivity contribution in [3.05, 3.63) is 34.9 Å². The molecule has 0 N–H and O–H groups in total. The van der Waals surface area contributed by atoms with Crippen LogP contribution in [0.5, 0.6) is 0 Å². The van der Waals surface area contributed by atoms with E-state index in [4.69, 9.17) is 0 Å². The molecule has 2 nitrogen and oxygen atoms in total. The van der Waals surface area contributed by atoms with E-state index in [-0.39, 0.29) is 0 Å². The number of likely N-dealkylation sites (N-methyl/N-ethyl adjacent to an activating group) is 1. The molecular formula is C16H24N2. The number of benzene rings is 1. The average molecular weight is 244 g/mol. The molecule has 0 atom stereocenters. The number of hydrogen-bond donors (Lipinski definition) is 0. The molecule has 1 aromatic rings. The highest BCUT2D eigenvalue weighted by molar-refractivity contribution is 5.33. The zero-order valence-electron chi connectivity index (χ0n) is 11.5. The van der Waals surface area contributed by atoms with Crippen molar-refractivity contribution >= 4 is 0 Å². The predicted octanol–water partition coefficient (Wildman–Crippen LogP) is 2.31. The third kappa shape index (κ3) is 2.76. The third-order valence-electron chi connectivity index (χ3n) is 4.41. The number of rotatable bonds is 2. The Kier molecular flexibility index (Phi) is 3.67. The van der Waals surface area contributed by atoms with Crippen molar-refractivity contribution in [2.24, 2.45) is 0 Å². The SMILES string of the molecule is CN1CCN(Cc2ccc3c(c2)CCCC3)CC1. The maximum absolute atomic E-state index is 2.59. The molecule has 1 aromatic carbocycles. The summed E-state index contributed by atoms with van der Waals surface area (Å²) in [6.07, 6.45) is 5.35. The van der Waals surface area contributed by atoms with Crippen LogP contribution in [0.15, 0.2) is 18.2 Å². The van der Waals surface area contributed by atoms with Crippen LogP contribution in [-0.4, -0.2) is 43.0 Å². The molecule has 0 radical (unpaired) electrons. The van der Waals surface area contributed by atoms with Crippen LogP contribution in [0.1, 0.15) is 29.5 Å². The van der Waals surface area contributed by atoms with Gasteiger partial charge in [0, 0.05) is 32.7 Å². The quantitative estimate of drug-likeness (QED) is 0.788. The molecule has 1 aliphatic carbocycles. The van der Waals surface area contributed by atoms with Gasteiger partial charge < -0.3 is 4.90 Å². The number of aryl methyl sites for hydroxylation is 2. The highest BCUT2D eigenvalue weighted by atomic mass is 15.2. The van der Waals surface area contributed by atoms with E-state index in [1.54, 1.807) is 11.1 Å². The van der Waals surface area contributed by atoms with Gasteiger partial charge in [-0.2, -0.15) is 0 Å². The minimum Gasteiger partial charge on any atom is -0.304 e. The van der Waals surface area contributed by atoms with Gasteiger partial charge in [0.1, 0.15) is 0 Å². The monoisotopic (exact) mass is 244 g/mol. The molecule has 1 saturated heterocycles. The summed E-state index contributed by atoms with van der Waals surface area (Å²) < 4.78 is 0. The fourth-order valence-electron chi connectivity index (χ4n) is 3.15. The van der Waals surface area contributed by atoms with Gasteiger partial charge in [0.25, 0.3) is 0 Å². The summed E-state index contributed by atoms with van der Waals surface area (Å²) in [7, 11) is 2.22. The predicted molar refractivity (Wildman–Crippen MR) is 75.9 cm³/mol. The first kappa shape index (κ1) is 12.2. The van der Waals surface area contributed by atoms with Gasteiger partial charge in [-0.1, -0.05) is 18.2 Å². The van der Waals surface area contributed by atoms with Gasteiger partial charge in [-0.25, -0.2) is 0 Å². The van der Waals surface area contributed by atoms with E-state index in [1.165, 1.54) is 57.4 Å². The summed E-state index contributed by atoms with van der Waals surface area (Å²) in [5.41, 5.74) is 4.73. The van der Waals surface area contributed by atoms with Gasteiger partial charge in [-0.05, 0) is 49.4 Å². The molecule has 0 bridgehead atoms. The van der Waals surface area contributed by atoms with Crippen molar-refractivity contribution in [1.82, 2.24) is 9.80 Å². The molecular weight excluding hydrogens is 220 g/mol. The molecule has 3 rings (SSSR count). The number of fused-ring (bicyclic) bond motifs is 1. The Labute approximate surface area is 111 Å². The fraction of sp³-hybridized carbons (Fsp3) is 0.625. The highest BCUT2D eigenvalue weighted by Gasteiger charge is 2.15. The number of piperazine rings is 1. The Morgan fingerprint density at radius 3 is 2.44 bits per heavy atom. The Morgan fingerprint density at radius 2 is 1.67 bits per heavy atom. The average Bonchev–Trinajstić information content (AvgIpc) is 2.41. The van der Waals surface area contributed by atoms with Gasteiger partial charge >= 0.3 is 0 Å². The maximum atomic E-state index is 2.59. The fourth-order valence-corrected chi connectivity index (χ4v) is 3.15. The first-order chi connectivity index (χ1) is 8.81. The van der Waals surface area contributed by atoms with Crippen LogP contribution in [0.2, 0.25) is 0 Å². The molecule has 0 aromatic heterocycles. The van der Waals surface area contributed by atoms with E-state index in [2.05, 4.69) is 35.0 Å².